The van der Waals surface area contributed by atoms with Crippen molar-refractivity contribution in [3.63, 3.8) is 0 Å². The van der Waals surface area contributed by atoms with Gasteiger partial charge in [-0.15, -0.1) is 11.3 Å². The number of likely N-dealkylation sites (tertiary alicyclic amines) is 1. The van der Waals surface area contributed by atoms with E-state index in [1.807, 2.05) is 23.5 Å². The number of rotatable bonds is 5. The third-order valence-electron chi connectivity index (χ3n) is 6.09. The Morgan fingerprint density at radius 2 is 2.11 bits per heavy atom. The van der Waals surface area contributed by atoms with Gasteiger partial charge >= 0.3 is 0 Å². The largest absolute Gasteiger partial charge is 0.340 e. The molecule has 3 aromatic rings. The molecule has 1 aromatic carbocycles. The smallest absolute Gasteiger partial charge is 0.142 e. The molecule has 3 heterocycles. The van der Waals surface area contributed by atoms with Gasteiger partial charge in [0.25, 0.3) is 0 Å². The fraction of sp³-hybridized carbons (Fsp3) is 0.455. The Balaban J connectivity index is 1.37. The van der Waals surface area contributed by atoms with E-state index in [1.165, 1.54) is 67.6 Å². The van der Waals surface area contributed by atoms with Crippen LogP contribution in [0.5, 0.6) is 0 Å². The van der Waals surface area contributed by atoms with Crippen molar-refractivity contribution in [3.05, 3.63) is 45.5 Å². The predicted octanol–water partition coefficient (Wildman–Crippen LogP) is 5.79. The maximum Gasteiger partial charge on any atom is 0.142 e. The van der Waals surface area contributed by atoms with Crippen molar-refractivity contribution in [1.82, 2.24) is 14.9 Å². The van der Waals surface area contributed by atoms with Crippen LogP contribution in [0, 0.1) is 5.92 Å². The number of halogens is 1. The predicted molar refractivity (Wildman–Crippen MR) is 121 cm³/mol. The fourth-order valence-corrected chi connectivity index (χ4v) is 6.29. The summed E-state index contributed by atoms with van der Waals surface area (Å²) in [6.45, 7) is 3.89. The summed E-state index contributed by atoms with van der Waals surface area (Å²) < 4.78 is 1.07. The first-order valence-corrected chi connectivity index (χ1v) is 11.9. The maximum atomic E-state index is 4.59. The Morgan fingerprint density at radius 1 is 1.21 bits per heavy atom. The lowest BCUT2D eigenvalue weighted by Gasteiger charge is -2.24. The molecule has 0 bridgehead atoms. The van der Waals surface area contributed by atoms with Crippen molar-refractivity contribution < 1.29 is 0 Å². The third-order valence-corrected chi connectivity index (χ3v) is 7.74. The van der Waals surface area contributed by atoms with Crippen LogP contribution in [0.4, 0.5) is 11.5 Å². The Morgan fingerprint density at radius 3 is 2.96 bits per heavy atom. The first-order valence-electron chi connectivity index (χ1n) is 10.3. The van der Waals surface area contributed by atoms with E-state index in [0.717, 1.165) is 33.1 Å². The number of thiophene rings is 1. The number of aryl methyl sites for hydroxylation is 1. The summed E-state index contributed by atoms with van der Waals surface area (Å²) in [4.78, 5) is 14.5. The van der Waals surface area contributed by atoms with Crippen molar-refractivity contribution in [2.24, 2.45) is 5.92 Å². The molecule has 0 saturated carbocycles. The molecule has 146 valence electrons. The van der Waals surface area contributed by atoms with Crippen molar-refractivity contribution in [3.8, 4) is 0 Å². The Kier molecular flexibility index (Phi) is 5.35. The first-order chi connectivity index (χ1) is 13.8. The highest BCUT2D eigenvalue weighted by atomic mass is 79.9. The van der Waals surface area contributed by atoms with Crippen LogP contribution in [-0.4, -0.2) is 34.5 Å². The molecule has 1 aliphatic heterocycles. The summed E-state index contributed by atoms with van der Waals surface area (Å²) in [5.41, 5.74) is 2.53. The number of hydrogen-bond donors (Lipinski definition) is 1. The second-order valence-electron chi connectivity index (χ2n) is 7.99. The molecule has 5 rings (SSSR count). The lowest BCUT2D eigenvalue weighted by Crippen LogP contribution is -2.24. The summed E-state index contributed by atoms with van der Waals surface area (Å²) in [7, 11) is 0. The van der Waals surface area contributed by atoms with Crippen LogP contribution in [0.1, 0.15) is 36.1 Å². The van der Waals surface area contributed by atoms with E-state index in [9.17, 15) is 0 Å². The highest BCUT2D eigenvalue weighted by molar-refractivity contribution is 9.10. The van der Waals surface area contributed by atoms with Gasteiger partial charge < -0.3 is 10.2 Å². The third kappa shape index (κ3) is 3.82. The minimum Gasteiger partial charge on any atom is -0.340 e. The molecule has 2 aliphatic rings. The number of benzene rings is 1. The van der Waals surface area contributed by atoms with Gasteiger partial charge in [0, 0.05) is 15.0 Å². The van der Waals surface area contributed by atoms with Crippen LogP contribution in [-0.2, 0) is 12.8 Å². The molecule has 1 N–H and O–H groups in total. The highest BCUT2D eigenvalue weighted by Crippen LogP contribution is 2.41. The molecule has 1 aliphatic carbocycles. The summed E-state index contributed by atoms with van der Waals surface area (Å²) in [6.07, 6.45) is 9.45. The SMILES string of the molecule is Brc1cccc(Nc2ncnc3sc4c(c23)CCC(CCN2CCCC2)C4)c1. The molecular formula is C22H25BrN4S. The number of nitrogens with zero attached hydrogens (tertiary/aromatic N) is 3. The van der Waals surface area contributed by atoms with E-state index in [-0.39, 0.29) is 0 Å². The minimum absolute atomic E-state index is 0.815. The van der Waals surface area contributed by atoms with Crippen LogP contribution in [0.2, 0.25) is 0 Å². The van der Waals surface area contributed by atoms with E-state index in [4.69, 9.17) is 0 Å². The van der Waals surface area contributed by atoms with Gasteiger partial charge in [-0.2, -0.15) is 0 Å². The lowest BCUT2D eigenvalue weighted by atomic mass is 9.85. The van der Waals surface area contributed by atoms with Gasteiger partial charge in [0.15, 0.2) is 0 Å². The average Bonchev–Trinajstić information content (AvgIpc) is 3.34. The van der Waals surface area contributed by atoms with E-state index in [0.29, 0.717) is 0 Å². The number of anilines is 2. The summed E-state index contributed by atoms with van der Waals surface area (Å²) in [5, 5.41) is 4.75. The normalized spacial score (nSPS) is 19.8. The van der Waals surface area contributed by atoms with Gasteiger partial charge in [0.05, 0.1) is 5.39 Å². The summed E-state index contributed by atoms with van der Waals surface area (Å²) in [5.74, 6) is 1.76. The van der Waals surface area contributed by atoms with E-state index < -0.39 is 0 Å². The van der Waals surface area contributed by atoms with Crippen LogP contribution in [0.15, 0.2) is 35.1 Å². The van der Waals surface area contributed by atoms with E-state index in [2.05, 4.69) is 48.2 Å². The monoisotopic (exact) mass is 456 g/mol. The molecule has 1 fully saturated rings. The van der Waals surface area contributed by atoms with Crippen LogP contribution in [0.25, 0.3) is 10.2 Å². The van der Waals surface area contributed by atoms with Crippen LogP contribution < -0.4 is 5.32 Å². The zero-order chi connectivity index (χ0) is 18.9. The lowest BCUT2D eigenvalue weighted by molar-refractivity contribution is 0.291. The summed E-state index contributed by atoms with van der Waals surface area (Å²) in [6, 6.07) is 8.24. The standard InChI is InChI=1S/C22H25BrN4S/c23-16-4-3-5-17(13-16)26-21-20-18-7-6-15(8-11-27-9-1-2-10-27)12-19(18)28-22(20)25-14-24-21/h3-5,13-15H,1-2,6-12H2,(H,24,25,26). The minimum atomic E-state index is 0.815. The molecule has 2 aromatic heterocycles. The number of hydrogen-bond acceptors (Lipinski definition) is 5. The van der Waals surface area contributed by atoms with Crippen molar-refractivity contribution in [2.75, 3.05) is 25.0 Å². The van der Waals surface area contributed by atoms with E-state index in [1.54, 1.807) is 6.33 Å². The second-order valence-corrected chi connectivity index (χ2v) is 9.99. The Bertz CT molecular complexity index is 980. The van der Waals surface area contributed by atoms with Crippen LogP contribution in [0.3, 0.4) is 0 Å². The average molecular weight is 457 g/mol. The number of aromatic nitrogens is 2. The fourth-order valence-electron chi connectivity index (χ4n) is 4.59. The molecule has 1 unspecified atom stereocenters. The second kappa shape index (κ2) is 8.09. The highest BCUT2D eigenvalue weighted by Gasteiger charge is 2.26. The molecule has 1 atom stereocenters. The zero-order valence-corrected chi connectivity index (χ0v) is 18.4. The molecule has 6 heteroatoms. The molecule has 1 saturated heterocycles. The molecule has 0 spiro atoms. The van der Waals surface area contributed by atoms with Gasteiger partial charge in [-0.3, -0.25) is 0 Å². The van der Waals surface area contributed by atoms with Gasteiger partial charge in [-0.05, 0) is 87.8 Å². The van der Waals surface area contributed by atoms with Gasteiger partial charge in [-0.25, -0.2) is 9.97 Å². The Hall–Kier alpha value is -1.50. The summed E-state index contributed by atoms with van der Waals surface area (Å²) >= 11 is 5.42. The molecule has 0 amide bonds. The van der Waals surface area contributed by atoms with Crippen molar-refractivity contribution in [2.45, 2.75) is 38.5 Å². The number of nitrogens with one attached hydrogen (secondary N) is 1. The van der Waals surface area contributed by atoms with Gasteiger partial charge in [-0.1, -0.05) is 22.0 Å². The van der Waals surface area contributed by atoms with Crippen molar-refractivity contribution >= 4 is 49.0 Å². The quantitative estimate of drug-likeness (QED) is 0.527. The number of fused-ring (bicyclic) bond motifs is 3. The zero-order valence-electron chi connectivity index (χ0n) is 16.0. The molecule has 4 nitrogen and oxygen atoms in total. The molecular weight excluding hydrogens is 432 g/mol. The van der Waals surface area contributed by atoms with Gasteiger partial charge in [0.2, 0.25) is 0 Å². The first kappa shape index (κ1) is 18.5. The topological polar surface area (TPSA) is 41.1 Å². The van der Waals surface area contributed by atoms with Crippen LogP contribution >= 0.6 is 27.3 Å². The Labute approximate surface area is 178 Å². The molecule has 0 radical (unpaired) electrons. The molecule has 28 heavy (non-hydrogen) atoms. The van der Waals surface area contributed by atoms with Crippen molar-refractivity contribution in [1.29, 1.82) is 0 Å². The van der Waals surface area contributed by atoms with Gasteiger partial charge in [0.1, 0.15) is 17.0 Å². The maximum absolute atomic E-state index is 4.59. The van der Waals surface area contributed by atoms with E-state index >= 15 is 0 Å².